The van der Waals surface area contributed by atoms with Gasteiger partial charge in [0.15, 0.2) is 5.16 Å². The third-order valence-corrected chi connectivity index (χ3v) is 5.12. The zero-order chi connectivity index (χ0) is 17.3. The Morgan fingerprint density at radius 2 is 2.29 bits per heavy atom. The molecule has 0 saturated heterocycles. The number of hydrogen-bond donors (Lipinski definition) is 1. The van der Waals surface area contributed by atoms with Gasteiger partial charge in [-0.25, -0.2) is 9.37 Å². The zero-order valence-corrected chi connectivity index (χ0v) is 14.5. The van der Waals surface area contributed by atoms with Gasteiger partial charge in [0.05, 0.1) is 11.1 Å². The molecule has 0 saturated carbocycles. The molecule has 1 aromatic carbocycles. The number of anilines is 1. The maximum absolute atomic E-state index is 13.1. The van der Waals surface area contributed by atoms with Crippen LogP contribution in [0.5, 0.6) is 0 Å². The van der Waals surface area contributed by atoms with E-state index in [-0.39, 0.29) is 29.0 Å². The number of nitrogens with zero attached hydrogens (tertiary/aromatic N) is 2. The molecule has 2 aromatic rings. The minimum absolute atomic E-state index is 0.0536. The summed E-state index contributed by atoms with van der Waals surface area (Å²) in [5.74, 6) is -0.185. The largest absolute Gasteiger partial charge is 0.326 e. The molecular formula is C16H15ClFN3O2S. The lowest BCUT2D eigenvalue weighted by Crippen LogP contribution is -2.27. The van der Waals surface area contributed by atoms with E-state index in [1.54, 1.807) is 4.57 Å². The minimum Gasteiger partial charge on any atom is -0.326 e. The third kappa shape index (κ3) is 3.47. The highest BCUT2D eigenvalue weighted by Gasteiger charge is 2.27. The fraction of sp³-hybridized carbons (Fsp3) is 0.312. The maximum atomic E-state index is 13.1. The molecule has 1 unspecified atom stereocenters. The average Bonchev–Trinajstić information content (AvgIpc) is 2.94. The zero-order valence-electron chi connectivity index (χ0n) is 12.9. The van der Waals surface area contributed by atoms with Crippen molar-refractivity contribution < 1.29 is 9.18 Å². The minimum atomic E-state index is -0.542. The summed E-state index contributed by atoms with van der Waals surface area (Å²) >= 11 is 7.17. The Labute approximate surface area is 147 Å². The van der Waals surface area contributed by atoms with Crippen molar-refractivity contribution in [1.82, 2.24) is 9.55 Å². The number of halogens is 2. The van der Waals surface area contributed by atoms with Crippen molar-refractivity contribution in [2.24, 2.45) is 0 Å². The molecule has 0 spiro atoms. The Bertz CT molecular complexity index is 856. The number of fused-ring (bicyclic) bond motifs is 1. The Balaban J connectivity index is 1.73. The van der Waals surface area contributed by atoms with Gasteiger partial charge >= 0.3 is 0 Å². The molecule has 0 fully saturated rings. The van der Waals surface area contributed by atoms with Crippen LogP contribution in [-0.2, 0) is 11.2 Å². The molecule has 0 radical (unpaired) electrons. The number of thioether (sulfide) groups is 1. The van der Waals surface area contributed by atoms with E-state index in [1.165, 1.54) is 36.0 Å². The van der Waals surface area contributed by atoms with Crippen LogP contribution in [0.2, 0.25) is 5.02 Å². The highest BCUT2D eigenvalue weighted by Crippen LogP contribution is 2.32. The summed E-state index contributed by atoms with van der Waals surface area (Å²) in [6.45, 7) is 1.94. The first-order chi connectivity index (χ1) is 11.5. The van der Waals surface area contributed by atoms with Crippen LogP contribution in [-0.4, -0.2) is 21.2 Å². The van der Waals surface area contributed by atoms with E-state index >= 15 is 0 Å². The van der Waals surface area contributed by atoms with E-state index < -0.39 is 5.82 Å². The number of carbonyl (C=O) groups is 1. The fourth-order valence-corrected chi connectivity index (χ4v) is 3.88. The van der Waals surface area contributed by atoms with Crippen LogP contribution in [0.25, 0.3) is 0 Å². The SMILES string of the molecule is CCc1cc(=O)n2c(n1)SCC2CC(=O)Nc1ccc(F)c(Cl)c1. The lowest BCUT2D eigenvalue weighted by Gasteiger charge is -2.13. The number of amides is 1. The van der Waals surface area contributed by atoms with E-state index in [0.29, 0.717) is 23.0 Å². The fourth-order valence-electron chi connectivity index (χ4n) is 2.53. The number of nitrogens with one attached hydrogen (secondary N) is 1. The summed E-state index contributed by atoms with van der Waals surface area (Å²) in [4.78, 5) is 28.9. The Morgan fingerprint density at radius 1 is 1.50 bits per heavy atom. The second-order valence-electron chi connectivity index (χ2n) is 5.44. The quantitative estimate of drug-likeness (QED) is 0.842. The number of rotatable bonds is 4. The van der Waals surface area contributed by atoms with Crippen LogP contribution in [0, 0.1) is 5.82 Å². The molecule has 3 rings (SSSR count). The second-order valence-corrected chi connectivity index (χ2v) is 6.83. The lowest BCUT2D eigenvalue weighted by atomic mass is 10.2. The standard InChI is InChI=1S/C16H15ClFN3O2S/c1-2-9-6-15(23)21-11(8-24-16(21)20-9)7-14(22)19-10-3-4-13(18)12(17)5-10/h3-6,11H,2,7-8H2,1H3,(H,19,22). The number of aryl methyl sites for hydroxylation is 1. The van der Waals surface area contributed by atoms with Crippen LogP contribution < -0.4 is 10.9 Å². The van der Waals surface area contributed by atoms with Crippen LogP contribution in [0.1, 0.15) is 25.1 Å². The first-order valence-electron chi connectivity index (χ1n) is 7.48. The molecule has 1 atom stereocenters. The monoisotopic (exact) mass is 367 g/mol. The first-order valence-corrected chi connectivity index (χ1v) is 8.84. The molecule has 1 N–H and O–H groups in total. The van der Waals surface area contributed by atoms with Crippen molar-refractivity contribution in [3.05, 3.63) is 51.2 Å². The summed E-state index contributed by atoms with van der Waals surface area (Å²) in [5.41, 5.74) is 1.04. The van der Waals surface area contributed by atoms with Crippen LogP contribution in [0.3, 0.4) is 0 Å². The predicted octanol–water partition coefficient (Wildman–Crippen LogP) is 3.27. The number of benzene rings is 1. The summed E-state index contributed by atoms with van der Waals surface area (Å²) < 4.78 is 14.7. The number of hydrogen-bond acceptors (Lipinski definition) is 4. The third-order valence-electron chi connectivity index (χ3n) is 3.73. The summed E-state index contributed by atoms with van der Waals surface area (Å²) in [6, 6.07) is 5.26. The molecular weight excluding hydrogens is 353 g/mol. The van der Waals surface area contributed by atoms with Crippen molar-refractivity contribution >= 4 is 35.0 Å². The molecule has 0 bridgehead atoms. The van der Waals surface area contributed by atoms with Crippen molar-refractivity contribution in [2.45, 2.75) is 31.0 Å². The number of carbonyl (C=O) groups excluding carboxylic acids is 1. The molecule has 1 aliphatic heterocycles. The van der Waals surface area contributed by atoms with E-state index in [4.69, 9.17) is 11.6 Å². The molecule has 1 aromatic heterocycles. The van der Waals surface area contributed by atoms with Gasteiger partial charge in [0.2, 0.25) is 5.91 Å². The smallest absolute Gasteiger partial charge is 0.254 e. The molecule has 1 amide bonds. The van der Waals surface area contributed by atoms with Gasteiger partial charge in [-0.05, 0) is 24.6 Å². The summed E-state index contributed by atoms with van der Waals surface area (Å²) in [7, 11) is 0. The van der Waals surface area contributed by atoms with Gasteiger partial charge in [-0.1, -0.05) is 30.3 Å². The highest BCUT2D eigenvalue weighted by molar-refractivity contribution is 7.99. The summed E-state index contributed by atoms with van der Waals surface area (Å²) in [5, 5.41) is 3.28. The van der Waals surface area contributed by atoms with E-state index in [9.17, 15) is 14.0 Å². The van der Waals surface area contributed by atoms with Crippen molar-refractivity contribution in [3.8, 4) is 0 Å². The topological polar surface area (TPSA) is 64.0 Å². The van der Waals surface area contributed by atoms with Crippen LogP contribution in [0.4, 0.5) is 10.1 Å². The normalized spacial score (nSPS) is 16.0. The number of aromatic nitrogens is 2. The van der Waals surface area contributed by atoms with Crippen LogP contribution >= 0.6 is 23.4 Å². The van der Waals surface area contributed by atoms with Gasteiger partial charge in [-0.2, -0.15) is 0 Å². The van der Waals surface area contributed by atoms with E-state index in [0.717, 1.165) is 5.69 Å². The van der Waals surface area contributed by atoms with Gasteiger partial charge in [0.25, 0.3) is 5.56 Å². The van der Waals surface area contributed by atoms with Gasteiger partial charge < -0.3 is 5.32 Å². The van der Waals surface area contributed by atoms with Crippen molar-refractivity contribution in [1.29, 1.82) is 0 Å². The second kappa shape index (κ2) is 6.94. The van der Waals surface area contributed by atoms with Crippen LogP contribution in [0.15, 0.2) is 34.2 Å². The highest BCUT2D eigenvalue weighted by atomic mass is 35.5. The Kier molecular flexibility index (Phi) is 4.91. The molecule has 1 aliphatic rings. The predicted molar refractivity (Wildman–Crippen MR) is 92.3 cm³/mol. The van der Waals surface area contributed by atoms with Crippen molar-refractivity contribution in [3.63, 3.8) is 0 Å². The molecule has 8 heteroatoms. The van der Waals surface area contributed by atoms with E-state index in [2.05, 4.69) is 10.3 Å². The first kappa shape index (κ1) is 17.0. The van der Waals surface area contributed by atoms with Gasteiger partial charge in [-0.15, -0.1) is 0 Å². The Morgan fingerprint density at radius 3 is 3.00 bits per heavy atom. The molecule has 24 heavy (non-hydrogen) atoms. The average molecular weight is 368 g/mol. The van der Waals surface area contributed by atoms with Gasteiger partial charge in [-0.3, -0.25) is 14.2 Å². The molecule has 126 valence electrons. The van der Waals surface area contributed by atoms with E-state index in [1.807, 2.05) is 6.92 Å². The molecule has 0 aliphatic carbocycles. The van der Waals surface area contributed by atoms with Gasteiger partial charge in [0, 0.05) is 29.6 Å². The maximum Gasteiger partial charge on any atom is 0.254 e. The summed E-state index contributed by atoms with van der Waals surface area (Å²) in [6.07, 6.45) is 0.835. The Hall–Kier alpha value is -1.86. The van der Waals surface area contributed by atoms with Crippen molar-refractivity contribution in [2.75, 3.05) is 11.1 Å². The molecule has 5 nitrogen and oxygen atoms in total. The van der Waals surface area contributed by atoms with Gasteiger partial charge in [0.1, 0.15) is 5.82 Å². The molecule has 2 heterocycles. The lowest BCUT2D eigenvalue weighted by molar-refractivity contribution is -0.116.